The van der Waals surface area contributed by atoms with Gasteiger partial charge >= 0.3 is 0 Å². The molecule has 0 aromatic carbocycles. The number of hydrogen-bond donors (Lipinski definition) is 0. The summed E-state index contributed by atoms with van der Waals surface area (Å²) >= 11 is 2.94. The molecular formula is C7H3BrFN. The average Bonchev–Trinajstić information content (AvgIpc) is 1.82. The lowest BCUT2D eigenvalue weighted by Gasteiger charge is -1.99. The molecule has 0 bridgehead atoms. The Morgan fingerprint density at radius 2 is 2.10 bits per heavy atom. The van der Waals surface area contributed by atoms with Gasteiger partial charge in [0.25, 0.3) is 0 Å². The molecule has 1 nitrogen and oxygen atoms in total. The van der Waals surface area contributed by atoms with E-state index in [0.717, 1.165) is 6.07 Å². The molecule has 0 fully saturated rings. The van der Waals surface area contributed by atoms with Gasteiger partial charge in [-0.15, -0.1) is 0 Å². The number of rotatable bonds is 0. The van der Waals surface area contributed by atoms with Gasteiger partial charge in [0.2, 0.25) is 5.95 Å². The monoisotopic (exact) mass is 199 g/mol. The Balaban J connectivity index is 3.31. The molecule has 3 heteroatoms. The van der Waals surface area contributed by atoms with E-state index in [9.17, 15) is 4.39 Å². The Hall–Kier alpha value is -0.440. The highest BCUT2D eigenvalue weighted by Crippen LogP contribution is 2.16. The van der Waals surface area contributed by atoms with Gasteiger partial charge in [-0.1, -0.05) is 0 Å². The van der Waals surface area contributed by atoms with E-state index >= 15 is 0 Å². The van der Waals surface area contributed by atoms with Crippen LogP contribution in [0.3, 0.4) is 0 Å². The molecule has 0 aliphatic rings. The Morgan fingerprint density at radius 1 is 1.50 bits per heavy atom. The van der Waals surface area contributed by atoms with Crippen LogP contribution in [0.4, 0.5) is 4.39 Å². The second-order valence-electron chi connectivity index (χ2n) is 1.74. The molecule has 1 aromatic rings. The predicted octanol–water partition coefficient (Wildman–Crippen LogP) is 2.10. The van der Waals surface area contributed by atoms with Gasteiger partial charge in [-0.25, -0.2) is 4.98 Å². The summed E-state index contributed by atoms with van der Waals surface area (Å²) in [5.41, 5.74) is 0.459. The summed E-state index contributed by atoms with van der Waals surface area (Å²) in [7, 11) is 0. The minimum Gasteiger partial charge on any atom is -0.212 e. The van der Waals surface area contributed by atoms with Gasteiger partial charge in [-0.3, -0.25) is 0 Å². The molecule has 0 atom stereocenters. The highest BCUT2D eigenvalue weighted by molar-refractivity contribution is 9.10. The molecule has 0 saturated carbocycles. The zero-order chi connectivity index (χ0) is 7.72. The topological polar surface area (TPSA) is 12.9 Å². The van der Waals surface area contributed by atoms with Crippen LogP contribution in [0.5, 0.6) is 0 Å². The fourth-order valence-corrected chi connectivity index (χ4v) is 0.910. The molecule has 1 rings (SSSR count). The first-order chi connectivity index (χ1) is 4.61. The van der Waals surface area contributed by atoms with Crippen molar-refractivity contribution in [3.63, 3.8) is 0 Å². The van der Waals surface area contributed by atoms with Gasteiger partial charge in [-0.05, 0) is 40.0 Å². The van der Waals surface area contributed by atoms with Crippen LogP contribution >= 0.6 is 15.9 Å². The second-order valence-corrected chi connectivity index (χ2v) is 2.49. The fourth-order valence-electron chi connectivity index (χ4n) is 0.511. The van der Waals surface area contributed by atoms with E-state index in [1.165, 1.54) is 0 Å². The number of aromatic nitrogens is 1. The van der Waals surface area contributed by atoms with E-state index in [0.29, 0.717) is 0 Å². The lowest BCUT2D eigenvalue weighted by Crippen LogP contribution is -1.90. The first-order valence-corrected chi connectivity index (χ1v) is 3.27. The predicted molar refractivity (Wildman–Crippen MR) is 38.7 cm³/mol. The number of nitrogens with zero attached hydrogens (tertiary/aromatic N) is 1. The molecule has 0 saturated heterocycles. The zero-order valence-corrected chi connectivity index (χ0v) is 6.52. The van der Waals surface area contributed by atoms with Crippen LogP contribution in [0.2, 0.25) is 0 Å². The molecule has 1 aromatic heterocycles. The Morgan fingerprint density at radius 3 is 2.60 bits per heavy atom. The molecule has 4 radical (unpaired) electrons. The molecule has 50 valence electrons. The second kappa shape index (κ2) is 2.66. The van der Waals surface area contributed by atoms with Crippen LogP contribution in [-0.4, -0.2) is 4.98 Å². The quantitative estimate of drug-likeness (QED) is 0.584. The summed E-state index contributed by atoms with van der Waals surface area (Å²) < 4.78 is 12.6. The van der Waals surface area contributed by atoms with Gasteiger partial charge in [0.05, 0.1) is 0 Å². The number of hydrogen-bond acceptors (Lipinski definition) is 1. The fraction of sp³-hybridized carbons (Fsp3) is 0. The molecule has 0 spiro atoms. The summed E-state index contributed by atoms with van der Waals surface area (Å²) in [5.74, 6) is -0.640. The molecule has 0 N–H and O–H groups in total. The maximum Gasteiger partial charge on any atom is 0.214 e. The minimum absolute atomic E-state index is 0.194. The summed E-state index contributed by atoms with van der Waals surface area (Å²) in [5, 5.41) is 0. The maximum absolute atomic E-state index is 12.3. The van der Waals surface area contributed by atoms with Crippen LogP contribution < -0.4 is 0 Å². The first kappa shape index (κ1) is 7.66. The van der Waals surface area contributed by atoms with Gasteiger partial charge in [0.1, 0.15) is 4.60 Å². The summed E-state index contributed by atoms with van der Waals surface area (Å²) in [6, 6.07) is 1.07. The zero-order valence-electron chi connectivity index (χ0n) is 4.94. The van der Waals surface area contributed by atoms with Crippen LogP contribution in [0.1, 0.15) is 11.1 Å². The summed E-state index contributed by atoms with van der Waals surface area (Å²) in [4.78, 5) is 3.38. The molecule has 1 heterocycles. The molecule has 0 aliphatic carbocycles. The van der Waals surface area contributed by atoms with Gasteiger partial charge in [0.15, 0.2) is 0 Å². The third-order valence-electron chi connectivity index (χ3n) is 1.01. The third-order valence-corrected chi connectivity index (χ3v) is 1.62. The van der Waals surface area contributed by atoms with E-state index in [1.54, 1.807) is 0 Å². The van der Waals surface area contributed by atoms with Crippen molar-refractivity contribution in [2.24, 2.45) is 0 Å². The smallest absolute Gasteiger partial charge is 0.212 e. The largest absolute Gasteiger partial charge is 0.214 e. The van der Waals surface area contributed by atoms with Gasteiger partial charge in [-0.2, -0.15) is 4.39 Å². The van der Waals surface area contributed by atoms with Crippen molar-refractivity contribution < 1.29 is 4.39 Å². The van der Waals surface area contributed by atoms with Crippen molar-refractivity contribution in [1.82, 2.24) is 4.98 Å². The standard InChI is InChI=1S/C7H3BrFN/c1-4-3-6(9)10-7(8)5(4)2/h1-3H. The van der Waals surface area contributed by atoms with Crippen molar-refractivity contribution in [1.29, 1.82) is 0 Å². The van der Waals surface area contributed by atoms with Crippen LogP contribution in [0, 0.1) is 19.8 Å². The van der Waals surface area contributed by atoms with Gasteiger partial charge in [0, 0.05) is 6.92 Å². The SMILES string of the molecule is [CH]c1cc(F)nc(Br)c1[CH]. The van der Waals surface area contributed by atoms with Crippen molar-refractivity contribution in [3.8, 4) is 0 Å². The van der Waals surface area contributed by atoms with E-state index in [4.69, 9.17) is 13.8 Å². The summed E-state index contributed by atoms with van der Waals surface area (Å²) in [6.07, 6.45) is 0. The van der Waals surface area contributed by atoms with E-state index in [-0.39, 0.29) is 15.7 Å². The Bertz CT molecular complexity index is 237. The molecule has 0 aliphatic heterocycles. The molecule has 0 amide bonds. The normalized spacial score (nSPS) is 10.0. The van der Waals surface area contributed by atoms with Crippen molar-refractivity contribution in [2.75, 3.05) is 0 Å². The lowest BCUT2D eigenvalue weighted by atomic mass is 10.2. The van der Waals surface area contributed by atoms with Crippen molar-refractivity contribution in [2.45, 2.75) is 0 Å². The van der Waals surface area contributed by atoms with Crippen molar-refractivity contribution in [3.05, 3.63) is 41.6 Å². The Labute approximate surface area is 67.4 Å². The van der Waals surface area contributed by atoms with E-state index in [1.807, 2.05) is 0 Å². The lowest BCUT2D eigenvalue weighted by molar-refractivity contribution is 0.579. The van der Waals surface area contributed by atoms with Crippen molar-refractivity contribution >= 4 is 15.9 Å². The minimum atomic E-state index is -0.640. The highest BCUT2D eigenvalue weighted by atomic mass is 79.9. The first-order valence-electron chi connectivity index (χ1n) is 2.48. The number of pyridine rings is 1. The Kier molecular flexibility index (Phi) is 2.04. The van der Waals surface area contributed by atoms with Gasteiger partial charge < -0.3 is 0 Å². The van der Waals surface area contributed by atoms with E-state index in [2.05, 4.69) is 20.9 Å². The summed E-state index contributed by atoms with van der Waals surface area (Å²) in [6.45, 7) is 10.6. The number of halogens is 2. The molecular weight excluding hydrogens is 197 g/mol. The molecule has 10 heavy (non-hydrogen) atoms. The highest BCUT2D eigenvalue weighted by Gasteiger charge is 2.02. The van der Waals surface area contributed by atoms with E-state index < -0.39 is 5.95 Å². The maximum atomic E-state index is 12.3. The van der Waals surface area contributed by atoms with Crippen LogP contribution in [-0.2, 0) is 0 Å². The molecule has 0 unspecified atom stereocenters. The van der Waals surface area contributed by atoms with Crippen LogP contribution in [0.25, 0.3) is 0 Å². The average molecular weight is 200 g/mol. The van der Waals surface area contributed by atoms with Crippen LogP contribution in [0.15, 0.2) is 10.7 Å². The third kappa shape index (κ3) is 1.34.